The summed E-state index contributed by atoms with van der Waals surface area (Å²) in [5.41, 5.74) is -3.87. The van der Waals surface area contributed by atoms with Gasteiger partial charge in [0.05, 0.1) is 28.6 Å². The molecule has 0 radical (unpaired) electrons. The number of hydrogen-bond acceptors (Lipinski definition) is 4. The summed E-state index contributed by atoms with van der Waals surface area (Å²) in [6.45, 7) is 8.14. The van der Waals surface area contributed by atoms with Gasteiger partial charge in [0, 0.05) is 18.2 Å². The second-order valence-corrected chi connectivity index (χ2v) is 10.3. The summed E-state index contributed by atoms with van der Waals surface area (Å²) in [5, 5.41) is 8.90. The summed E-state index contributed by atoms with van der Waals surface area (Å²) in [4.78, 5) is 29.4. The van der Waals surface area contributed by atoms with Gasteiger partial charge in [0.1, 0.15) is 11.4 Å². The van der Waals surface area contributed by atoms with Gasteiger partial charge in [0.25, 0.3) is 5.91 Å². The summed E-state index contributed by atoms with van der Waals surface area (Å²) in [6, 6.07) is 8.34. The second-order valence-electron chi connectivity index (χ2n) is 9.91. The van der Waals surface area contributed by atoms with E-state index in [9.17, 15) is 22.8 Å². The molecule has 0 aromatic heterocycles. The van der Waals surface area contributed by atoms with E-state index in [1.54, 1.807) is 20.8 Å². The van der Waals surface area contributed by atoms with Crippen LogP contribution in [0.15, 0.2) is 36.4 Å². The summed E-state index contributed by atoms with van der Waals surface area (Å²) in [6.07, 6.45) is -4.82. The lowest BCUT2D eigenvalue weighted by atomic mass is 9.94. The zero-order chi connectivity index (χ0) is 27.4. The molecule has 1 fully saturated rings. The number of carbonyl (C=O) groups is 2. The Kier molecular flexibility index (Phi) is 6.66. The van der Waals surface area contributed by atoms with Gasteiger partial charge in [-0.25, -0.2) is 4.39 Å². The Morgan fingerprint density at radius 2 is 1.67 bits per heavy atom. The maximum Gasteiger partial charge on any atom is 0.417 e. The van der Waals surface area contributed by atoms with Crippen LogP contribution in [0.25, 0.3) is 0 Å². The molecule has 1 aliphatic rings. The number of amides is 2. The molecule has 6 nitrogen and oxygen atoms in total. The maximum atomic E-state index is 15.1. The van der Waals surface area contributed by atoms with Crippen LogP contribution in [0, 0.1) is 22.6 Å². The van der Waals surface area contributed by atoms with E-state index in [1.165, 1.54) is 55.0 Å². The van der Waals surface area contributed by atoms with Crippen molar-refractivity contribution in [2.24, 2.45) is 5.41 Å². The number of anilines is 3. The number of nitrogens with zero attached hydrogens (tertiary/aromatic N) is 4. The highest BCUT2D eigenvalue weighted by Crippen LogP contribution is 2.40. The van der Waals surface area contributed by atoms with Gasteiger partial charge in [-0.05, 0) is 62.5 Å². The molecule has 2 aromatic carbocycles. The average molecular weight is 521 g/mol. The highest BCUT2D eigenvalue weighted by Gasteiger charge is 2.51. The van der Waals surface area contributed by atoms with Gasteiger partial charge >= 0.3 is 6.18 Å². The molecule has 1 aliphatic heterocycles. The van der Waals surface area contributed by atoms with Crippen LogP contribution in [0.4, 0.5) is 34.6 Å². The van der Waals surface area contributed by atoms with E-state index < -0.39 is 40.0 Å². The van der Waals surface area contributed by atoms with Gasteiger partial charge in [-0.15, -0.1) is 0 Å². The zero-order valence-corrected chi connectivity index (χ0v) is 21.3. The summed E-state index contributed by atoms with van der Waals surface area (Å²) in [7, 11) is 1.45. The topological polar surface area (TPSA) is 67.7 Å². The van der Waals surface area contributed by atoms with Crippen LogP contribution in [-0.4, -0.2) is 29.5 Å². The minimum atomic E-state index is -4.82. The Bertz CT molecular complexity index is 1310. The van der Waals surface area contributed by atoms with E-state index in [0.717, 1.165) is 17.0 Å². The second kappa shape index (κ2) is 8.85. The van der Waals surface area contributed by atoms with Gasteiger partial charge < -0.3 is 9.80 Å². The first-order valence-corrected chi connectivity index (χ1v) is 11.2. The molecule has 36 heavy (non-hydrogen) atoms. The molecule has 11 heteroatoms. The molecule has 0 atom stereocenters. The van der Waals surface area contributed by atoms with Crippen molar-refractivity contribution < 1.29 is 27.2 Å². The van der Waals surface area contributed by atoms with Crippen LogP contribution in [0.3, 0.4) is 0 Å². The lowest BCUT2D eigenvalue weighted by Crippen LogP contribution is -2.44. The summed E-state index contributed by atoms with van der Waals surface area (Å²) < 4.78 is 55.7. The van der Waals surface area contributed by atoms with Crippen molar-refractivity contribution in [3.8, 4) is 6.07 Å². The standard InChI is InChI=1S/C25H24F4N4O2S/c1-23(2,3)20(34)31(6)19-10-9-16(12-18(19)26)33-22(36)32(21(35)24(33,4)5)15-8-7-14(13-30)17(11-15)25(27,28)29/h7-12H,1-6H3. The Morgan fingerprint density at radius 3 is 2.17 bits per heavy atom. The molecule has 2 amide bonds. The van der Waals surface area contributed by atoms with Crippen molar-refractivity contribution in [3.05, 3.63) is 53.3 Å². The van der Waals surface area contributed by atoms with E-state index in [2.05, 4.69) is 0 Å². The van der Waals surface area contributed by atoms with Crippen LogP contribution >= 0.6 is 12.2 Å². The third kappa shape index (κ3) is 4.53. The molecule has 0 aliphatic carbocycles. The Labute approximate surface area is 211 Å². The van der Waals surface area contributed by atoms with Crippen molar-refractivity contribution in [1.82, 2.24) is 0 Å². The SMILES string of the molecule is CN(C(=O)C(C)(C)C)c1ccc(N2C(=S)N(c3ccc(C#N)c(C(F)(F)F)c3)C(=O)C2(C)C)cc1F. The quantitative estimate of drug-likeness (QED) is 0.387. The normalized spacial score (nSPS) is 15.8. The number of rotatable bonds is 3. The zero-order valence-electron chi connectivity index (χ0n) is 20.5. The fraction of sp³-hybridized carbons (Fsp3) is 0.360. The first kappa shape index (κ1) is 27.1. The number of nitriles is 1. The van der Waals surface area contributed by atoms with Crippen LogP contribution in [0.1, 0.15) is 45.7 Å². The van der Waals surface area contributed by atoms with Crippen molar-refractivity contribution in [3.63, 3.8) is 0 Å². The fourth-order valence-electron chi connectivity index (χ4n) is 3.98. The van der Waals surface area contributed by atoms with Crippen LogP contribution < -0.4 is 14.7 Å². The largest absolute Gasteiger partial charge is 0.417 e. The first-order valence-electron chi connectivity index (χ1n) is 10.8. The molecule has 1 saturated heterocycles. The van der Waals surface area contributed by atoms with Crippen LogP contribution in [0.5, 0.6) is 0 Å². The van der Waals surface area contributed by atoms with Gasteiger partial charge in [-0.3, -0.25) is 14.5 Å². The van der Waals surface area contributed by atoms with Gasteiger partial charge in [-0.2, -0.15) is 18.4 Å². The predicted molar refractivity (Wildman–Crippen MR) is 132 cm³/mol. The van der Waals surface area contributed by atoms with E-state index in [4.69, 9.17) is 17.5 Å². The predicted octanol–water partition coefficient (Wildman–Crippen LogP) is 5.64. The van der Waals surface area contributed by atoms with Crippen molar-refractivity contribution >= 4 is 46.2 Å². The Hall–Kier alpha value is -3.52. The van der Waals surface area contributed by atoms with E-state index in [0.29, 0.717) is 6.07 Å². The first-order chi connectivity index (χ1) is 16.4. The monoisotopic (exact) mass is 520 g/mol. The van der Waals surface area contributed by atoms with E-state index >= 15 is 4.39 Å². The molecule has 0 spiro atoms. The number of carbonyl (C=O) groups excluding carboxylic acids is 2. The fourth-order valence-corrected chi connectivity index (χ4v) is 4.50. The molecule has 0 N–H and O–H groups in total. The minimum Gasteiger partial charge on any atom is -0.312 e. The number of thiocarbonyl (C=S) groups is 1. The van der Waals surface area contributed by atoms with Crippen molar-refractivity contribution in [2.75, 3.05) is 21.7 Å². The number of benzene rings is 2. The lowest BCUT2D eigenvalue weighted by molar-refractivity contribution is -0.137. The highest BCUT2D eigenvalue weighted by atomic mass is 32.1. The van der Waals surface area contributed by atoms with Gasteiger partial charge in [0.15, 0.2) is 5.11 Å². The van der Waals surface area contributed by atoms with Crippen LogP contribution in [0.2, 0.25) is 0 Å². The molecule has 2 aromatic rings. The van der Waals surface area contributed by atoms with E-state index in [-0.39, 0.29) is 28.1 Å². The molecule has 0 saturated carbocycles. The molecule has 3 rings (SSSR count). The summed E-state index contributed by atoms with van der Waals surface area (Å²) in [5.74, 6) is -1.68. The Balaban J connectivity index is 2.05. The van der Waals surface area contributed by atoms with Crippen LogP contribution in [-0.2, 0) is 15.8 Å². The van der Waals surface area contributed by atoms with Gasteiger partial charge in [0.2, 0.25) is 5.91 Å². The smallest absolute Gasteiger partial charge is 0.312 e. The average Bonchev–Trinajstić information content (AvgIpc) is 2.94. The lowest BCUT2D eigenvalue weighted by Gasteiger charge is -2.31. The molecule has 190 valence electrons. The number of halogens is 4. The molecule has 0 bridgehead atoms. The number of alkyl halides is 3. The van der Waals surface area contributed by atoms with Crippen molar-refractivity contribution in [1.29, 1.82) is 5.26 Å². The van der Waals surface area contributed by atoms with Crippen molar-refractivity contribution in [2.45, 2.75) is 46.3 Å². The number of hydrogen-bond donors (Lipinski definition) is 0. The minimum absolute atomic E-state index is 0.0201. The van der Waals surface area contributed by atoms with Gasteiger partial charge in [-0.1, -0.05) is 20.8 Å². The molecule has 0 unspecified atom stereocenters. The molecule has 1 heterocycles. The van der Waals surface area contributed by atoms with E-state index in [1.807, 2.05) is 0 Å². The third-order valence-electron chi connectivity index (χ3n) is 5.85. The third-order valence-corrected chi connectivity index (χ3v) is 6.22. The molecular formula is C25H24F4N4O2S. The Morgan fingerprint density at radius 1 is 1.08 bits per heavy atom. The summed E-state index contributed by atoms with van der Waals surface area (Å²) >= 11 is 5.47. The molecular weight excluding hydrogens is 496 g/mol. The highest BCUT2D eigenvalue weighted by molar-refractivity contribution is 7.81. The maximum absolute atomic E-state index is 15.1.